The Kier molecular flexibility index (Phi) is 27.7. The van der Waals surface area contributed by atoms with Crippen LogP contribution < -0.4 is 10.6 Å². The van der Waals surface area contributed by atoms with Gasteiger partial charge in [-0.15, -0.1) is 0 Å². The fraction of sp³-hybridized carbons (Fsp3) is 0.929. The van der Waals surface area contributed by atoms with Gasteiger partial charge in [-0.05, 0) is 58.3 Å². The number of Topliss-reactive ketones (excluding diaryl/α,β-unsaturated/α-hetero) is 2. The maximum absolute atomic E-state index is 11.4. The summed E-state index contributed by atoms with van der Waals surface area (Å²) in [5.74, 6) is 1.29. The maximum atomic E-state index is 11.4. The van der Waals surface area contributed by atoms with E-state index in [-0.39, 0.29) is 14.7 Å². The number of hydrogen-bond donors (Lipinski definition) is 2. The van der Waals surface area contributed by atoms with E-state index >= 15 is 0 Å². The smallest absolute Gasteiger partial charge is 0.135 e. The molecule has 2 N–H and O–H groups in total. The Labute approximate surface area is 204 Å². The Balaban J connectivity index is -0.000000252. The third kappa shape index (κ3) is 27.3. The summed E-state index contributed by atoms with van der Waals surface area (Å²) in [5, 5.41) is 6.74. The van der Waals surface area contributed by atoms with E-state index in [1.54, 1.807) is 0 Å². The maximum Gasteiger partial charge on any atom is 0.135 e. The minimum Gasteiger partial charge on any atom is -0.317 e. The molecule has 0 aliphatic heterocycles. The predicted molar refractivity (Wildman–Crippen MR) is 146 cm³/mol. The molecule has 0 bridgehead atoms. The lowest BCUT2D eigenvalue weighted by molar-refractivity contribution is -0.122. The zero-order chi connectivity index (χ0) is 24.5. The van der Waals surface area contributed by atoms with Gasteiger partial charge in [0.25, 0.3) is 0 Å². The summed E-state index contributed by atoms with van der Waals surface area (Å²) < 4.78 is 0. The van der Waals surface area contributed by atoms with E-state index in [1.807, 2.05) is 27.7 Å². The Morgan fingerprint density at radius 1 is 0.562 bits per heavy atom. The normalized spacial score (nSPS) is 11.0. The molecule has 0 aromatic carbocycles. The second-order valence-corrected chi connectivity index (χ2v) is 9.73. The van der Waals surface area contributed by atoms with E-state index in [4.69, 9.17) is 0 Å². The van der Waals surface area contributed by atoms with Crippen molar-refractivity contribution in [3.05, 3.63) is 0 Å². The molecular formula is C28H62N2O2. The first-order valence-corrected chi connectivity index (χ1v) is 13.8. The number of carbonyl (C=O) groups is 2. The topological polar surface area (TPSA) is 58.2 Å². The Hall–Kier alpha value is -0.740. The highest BCUT2D eigenvalue weighted by Gasteiger charge is 2.06. The van der Waals surface area contributed by atoms with Gasteiger partial charge in [-0.1, -0.05) is 86.5 Å². The van der Waals surface area contributed by atoms with Gasteiger partial charge < -0.3 is 10.6 Å². The van der Waals surface area contributed by atoms with Crippen molar-refractivity contribution in [3.63, 3.8) is 0 Å². The SMILES string of the molecule is CCCNCCCCCCCCC(=O)C(C)C.CCNCCCCCCCC(=O)C(C)C.[HH].[HH]. The van der Waals surface area contributed by atoms with Gasteiger partial charge in [0.15, 0.2) is 0 Å². The summed E-state index contributed by atoms with van der Waals surface area (Å²) in [6.45, 7) is 16.8. The Bertz CT molecular complexity index is 419. The lowest BCUT2D eigenvalue weighted by Gasteiger charge is -2.04. The third-order valence-corrected chi connectivity index (χ3v) is 5.77. The second kappa shape index (κ2) is 26.5. The van der Waals surface area contributed by atoms with Crippen LogP contribution in [0.25, 0.3) is 0 Å². The van der Waals surface area contributed by atoms with Crippen LogP contribution in [0.4, 0.5) is 0 Å². The minimum atomic E-state index is 0. The van der Waals surface area contributed by atoms with Crippen molar-refractivity contribution in [2.24, 2.45) is 11.8 Å². The van der Waals surface area contributed by atoms with E-state index in [0.29, 0.717) is 11.6 Å². The van der Waals surface area contributed by atoms with Crippen LogP contribution >= 0.6 is 0 Å². The molecule has 0 aromatic heterocycles. The molecule has 0 atom stereocenters. The van der Waals surface area contributed by atoms with Gasteiger partial charge in [0.1, 0.15) is 11.6 Å². The molecule has 0 aliphatic rings. The molecule has 0 aromatic rings. The van der Waals surface area contributed by atoms with Gasteiger partial charge in [0.05, 0.1) is 0 Å². The highest BCUT2D eigenvalue weighted by molar-refractivity contribution is 5.80. The molecule has 32 heavy (non-hydrogen) atoms. The van der Waals surface area contributed by atoms with Crippen molar-refractivity contribution in [1.29, 1.82) is 0 Å². The molecule has 0 saturated carbocycles. The summed E-state index contributed by atoms with van der Waals surface area (Å²) in [7, 11) is 0. The lowest BCUT2D eigenvalue weighted by atomic mass is 10.0. The molecule has 0 aliphatic carbocycles. The van der Waals surface area contributed by atoms with Gasteiger partial charge in [-0.2, -0.15) is 0 Å². The van der Waals surface area contributed by atoms with Gasteiger partial charge >= 0.3 is 0 Å². The van der Waals surface area contributed by atoms with Crippen LogP contribution in [-0.4, -0.2) is 37.7 Å². The van der Waals surface area contributed by atoms with Crippen LogP contribution in [0.3, 0.4) is 0 Å². The number of nitrogens with one attached hydrogen (secondary N) is 2. The van der Waals surface area contributed by atoms with Crippen LogP contribution in [0.15, 0.2) is 0 Å². The van der Waals surface area contributed by atoms with E-state index in [9.17, 15) is 9.59 Å². The summed E-state index contributed by atoms with van der Waals surface area (Å²) in [5.41, 5.74) is 0. The van der Waals surface area contributed by atoms with Gasteiger partial charge in [0.2, 0.25) is 0 Å². The minimum absolute atomic E-state index is 0. The first-order valence-electron chi connectivity index (χ1n) is 13.8. The van der Waals surface area contributed by atoms with Gasteiger partial charge in [-0.25, -0.2) is 0 Å². The molecule has 0 fully saturated rings. The number of carbonyl (C=O) groups excluding carboxylic acids is 2. The average molecular weight is 459 g/mol. The van der Waals surface area contributed by atoms with Crippen molar-refractivity contribution < 1.29 is 12.4 Å². The zero-order valence-corrected chi connectivity index (χ0v) is 22.7. The molecule has 4 heteroatoms. The number of unbranched alkanes of at least 4 members (excludes halogenated alkanes) is 9. The average Bonchev–Trinajstić information content (AvgIpc) is 2.76. The Morgan fingerprint density at radius 3 is 1.31 bits per heavy atom. The molecule has 4 nitrogen and oxygen atoms in total. The first-order chi connectivity index (χ1) is 15.4. The zero-order valence-electron chi connectivity index (χ0n) is 22.7. The number of hydrogen-bond acceptors (Lipinski definition) is 4. The fourth-order valence-electron chi connectivity index (χ4n) is 3.39. The molecule has 0 heterocycles. The molecule has 0 radical (unpaired) electrons. The molecule has 0 spiro atoms. The third-order valence-electron chi connectivity index (χ3n) is 5.77. The molecule has 0 amide bonds. The highest BCUT2D eigenvalue weighted by Crippen LogP contribution is 2.10. The first kappa shape index (κ1) is 33.4. The van der Waals surface area contributed by atoms with Gasteiger partial charge in [0, 0.05) is 27.5 Å². The van der Waals surface area contributed by atoms with Crippen molar-refractivity contribution in [2.45, 2.75) is 131 Å². The number of rotatable bonds is 22. The summed E-state index contributed by atoms with van der Waals surface area (Å²) in [6.07, 6.45) is 16.5. The van der Waals surface area contributed by atoms with Crippen LogP contribution in [0.1, 0.15) is 134 Å². The highest BCUT2D eigenvalue weighted by atomic mass is 16.1. The second-order valence-electron chi connectivity index (χ2n) is 9.73. The summed E-state index contributed by atoms with van der Waals surface area (Å²) in [6, 6.07) is 0. The lowest BCUT2D eigenvalue weighted by Crippen LogP contribution is -2.15. The van der Waals surface area contributed by atoms with E-state index < -0.39 is 0 Å². The largest absolute Gasteiger partial charge is 0.317 e. The van der Waals surface area contributed by atoms with Crippen molar-refractivity contribution >= 4 is 11.6 Å². The van der Waals surface area contributed by atoms with Crippen molar-refractivity contribution in [1.82, 2.24) is 10.6 Å². The Morgan fingerprint density at radius 2 is 0.938 bits per heavy atom. The molecule has 0 unspecified atom stereocenters. The quantitative estimate of drug-likeness (QED) is 0.164. The van der Waals surface area contributed by atoms with Crippen LogP contribution in [-0.2, 0) is 9.59 Å². The van der Waals surface area contributed by atoms with Crippen LogP contribution in [0, 0.1) is 11.8 Å². The molecule has 0 saturated heterocycles. The monoisotopic (exact) mass is 458 g/mol. The molecule has 196 valence electrons. The van der Waals surface area contributed by atoms with Gasteiger partial charge in [-0.3, -0.25) is 9.59 Å². The van der Waals surface area contributed by atoms with Crippen LogP contribution in [0.2, 0.25) is 0 Å². The summed E-state index contributed by atoms with van der Waals surface area (Å²) >= 11 is 0. The summed E-state index contributed by atoms with van der Waals surface area (Å²) in [4.78, 5) is 22.7. The predicted octanol–water partition coefficient (Wildman–Crippen LogP) is 7.60. The van der Waals surface area contributed by atoms with Crippen molar-refractivity contribution in [3.8, 4) is 0 Å². The van der Waals surface area contributed by atoms with E-state index in [1.165, 1.54) is 70.8 Å². The fourth-order valence-corrected chi connectivity index (χ4v) is 3.39. The van der Waals surface area contributed by atoms with Crippen LogP contribution in [0.5, 0.6) is 0 Å². The van der Waals surface area contributed by atoms with E-state index in [2.05, 4.69) is 24.5 Å². The molecule has 0 rings (SSSR count). The number of ketones is 2. The molecular weight excluding hydrogens is 396 g/mol. The van der Waals surface area contributed by atoms with E-state index in [0.717, 1.165) is 45.3 Å². The van der Waals surface area contributed by atoms with Crippen molar-refractivity contribution in [2.75, 3.05) is 26.2 Å². The standard InChI is InChI=1S/C15H31NO.C13H27NO.2H2/c1-4-12-16-13-10-8-6-5-7-9-11-15(17)14(2)3;1-4-14-11-9-7-5-6-8-10-13(15)12(2)3;;/h14,16H,4-13H2,1-3H3;12,14H,4-11H2,1-3H3;2*1H.